The molecule has 0 radical (unpaired) electrons. The second-order valence-electron chi connectivity index (χ2n) is 4.24. The second-order valence-corrected chi connectivity index (χ2v) is 5.06. The van der Waals surface area contributed by atoms with Gasteiger partial charge < -0.3 is 20.3 Å². The van der Waals surface area contributed by atoms with Crippen LogP contribution in [0.4, 0.5) is 11.6 Å². The van der Waals surface area contributed by atoms with Gasteiger partial charge in [0.1, 0.15) is 11.6 Å². The number of rotatable bonds is 8. The minimum atomic E-state index is 0.497. The highest BCUT2D eigenvalue weighted by molar-refractivity contribution is 6.37. The Balaban J connectivity index is 2.37. The van der Waals surface area contributed by atoms with E-state index in [1.165, 1.54) is 0 Å². The highest BCUT2D eigenvalue weighted by Crippen LogP contribution is 2.28. The molecule has 0 saturated carbocycles. The molecular weight excluding hydrogens is 287 g/mol. The number of pyridine rings is 1. The fourth-order valence-corrected chi connectivity index (χ4v) is 1.88. The maximum absolute atomic E-state index is 6.06. The lowest BCUT2D eigenvalue weighted by Crippen LogP contribution is -2.20. The third-order valence-corrected chi connectivity index (χ3v) is 2.96. The van der Waals surface area contributed by atoms with Crippen molar-refractivity contribution in [2.75, 3.05) is 58.1 Å². The zero-order valence-electron chi connectivity index (χ0n) is 11.5. The topological polar surface area (TPSA) is 49.4 Å². The molecule has 5 nitrogen and oxygen atoms in total. The van der Waals surface area contributed by atoms with Gasteiger partial charge in [-0.15, -0.1) is 0 Å². The Labute approximate surface area is 124 Å². The van der Waals surface area contributed by atoms with Crippen LogP contribution in [0.5, 0.6) is 0 Å². The van der Waals surface area contributed by atoms with Crippen molar-refractivity contribution < 1.29 is 4.74 Å². The summed E-state index contributed by atoms with van der Waals surface area (Å²) >= 11 is 12.0. The molecule has 2 N–H and O–H groups in total. The molecule has 1 rings (SSSR count). The van der Waals surface area contributed by atoms with Gasteiger partial charge in [-0.3, -0.25) is 0 Å². The first-order chi connectivity index (χ1) is 9.04. The summed E-state index contributed by atoms with van der Waals surface area (Å²) in [6.45, 7) is 2.86. The average molecular weight is 307 g/mol. The molecule has 1 heterocycles. The third-order valence-electron chi connectivity index (χ3n) is 2.39. The molecule has 0 aromatic carbocycles. The standard InChI is InChI=1S/C12H20Cl2N4O/c1-15-11-9(13)8-10(14)12(17-11)16-4-6-19-7-5-18(2)3/h8H,4-7H2,1-3H3,(H2,15,16,17). The molecule has 7 heteroatoms. The van der Waals surface area contributed by atoms with E-state index in [4.69, 9.17) is 27.9 Å². The maximum Gasteiger partial charge on any atom is 0.147 e. The van der Waals surface area contributed by atoms with Crippen LogP contribution in [0, 0.1) is 0 Å². The Bertz CT molecular complexity index is 402. The molecule has 1 aromatic heterocycles. The summed E-state index contributed by atoms with van der Waals surface area (Å²) in [6, 6.07) is 1.66. The van der Waals surface area contributed by atoms with E-state index in [0.29, 0.717) is 41.4 Å². The van der Waals surface area contributed by atoms with Crippen molar-refractivity contribution in [2.45, 2.75) is 0 Å². The second kappa shape index (κ2) is 8.43. The predicted molar refractivity (Wildman–Crippen MR) is 81.7 cm³/mol. The number of nitrogens with one attached hydrogen (secondary N) is 2. The molecule has 0 saturated heterocycles. The number of hydrogen-bond acceptors (Lipinski definition) is 5. The van der Waals surface area contributed by atoms with Gasteiger partial charge in [-0.1, -0.05) is 23.2 Å². The molecule has 108 valence electrons. The first-order valence-electron chi connectivity index (χ1n) is 6.04. The number of aromatic nitrogens is 1. The molecule has 0 aliphatic rings. The van der Waals surface area contributed by atoms with Crippen molar-refractivity contribution in [3.05, 3.63) is 16.1 Å². The van der Waals surface area contributed by atoms with Crippen molar-refractivity contribution in [3.63, 3.8) is 0 Å². The lowest BCUT2D eigenvalue weighted by molar-refractivity contribution is 0.126. The third kappa shape index (κ3) is 5.82. The van der Waals surface area contributed by atoms with E-state index >= 15 is 0 Å². The summed E-state index contributed by atoms with van der Waals surface area (Å²) in [5, 5.41) is 7.03. The minimum Gasteiger partial charge on any atom is -0.378 e. The molecule has 0 bridgehead atoms. The summed E-state index contributed by atoms with van der Waals surface area (Å²) in [5.74, 6) is 1.20. The average Bonchev–Trinajstić information content (AvgIpc) is 2.35. The van der Waals surface area contributed by atoms with Gasteiger partial charge in [0.2, 0.25) is 0 Å². The number of hydrogen-bond donors (Lipinski definition) is 2. The van der Waals surface area contributed by atoms with Crippen molar-refractivity contribution in [1.29, 1.82) is 0 Å². The Morgan fingerprint density at radius 1 is 1.21 bits per heavy atom. The van der Waals surface area contributed by atoms with E-state index in [2.05, 4.69) is 20.5 Å². The van der Waals surface area contributed by atoms with Gasteiger partial charge in [0, 0.05) is 20.1 Å². The van der Waals surface area contributed by atoms with E-state index in [9.17, 15) is 0 Å². The number of halogens is 2. The molecule has 1 aromatic rings. The van der Waals surface area contributed by atoms with Crippen molar-refractivity contribution in [1.82, 2.24) is 9.88 Å². The van der Waals surface area contributed by atoms with Crippen LogP contribution in [-0.4, -0.2) is 57.3 Å². The predicted octanol–water partition coefficient (Wildman–Crippen LogP) is 2.42. The zero-order valence-corrected chi connectivity index (χ0v) is 13.0. The van der Waals surface area contributed by atoms with Gasteiger partial charge in [0.15, 0.2) is 0 Å². The first-order valence-corrected chi connectivity index (χ1v) is 6.80. The quantitative estimate of drug-likeness (QED) is 0.722. The van der Waals surface area contributed by atoms with Crippen LogP contribution in [0.25, 0.3) is 0 Å². The van der Waals surface area contributed by atoms with Crippen molar-refractivity contribution in [3.8, 4) is 0 Å². The van der Waals surface area contributed by atoms with Crippen LogP contribution in [0.2, 0.25) is 10.0 Å². The lowest BCUT2D eigenvalue weighted by Gasteiger charge is -2.12. The van der Waals surface area contributed by atoms with E-state index in [1.807, 2.05) is 14.1 Å². The van der Waals surface area contributed by atoms with Gasteiger partial charge in [0.05, 0.1) is 23.3 Å². The number of ether oxygens (including phenoxy) is 1. The molecular formula is C12H20Cl2N4O. The fourth-order valence-electron chi connectivity index (χ4n) is 1.36. The van der Waals surface area contributed by atoms with Crippen LogP contribution in [0.1, 0.15) is 0 Å². The summed E-state index contributed by atoms with van der Waals surface area (Å²) in [5.41, 5.74) is 0. The van der Waals surface area contributed by atoms with E-state index < -0.39 is 0 Å². The summed E-state index contributed by atoms with van der Waals surface area (Å²) in [7, 11) is 5.78. The van der Waals surface area contributed by atoms with Gasteiger partial charge in [0.25, 0.3) is 0 Å². The van der Waals surface area contributed by atoms with Crippen molar-refractivity contribution >= 4 is 34.8 Å². The Hall–Kier alpha value is -0.750. The molecule has 0 spiro atoms. The summed E-state index contributed by atoms with van der Waals surface area (Å²) in [4.78, 5) is 6.36. The van der Waals surface area contributed by atoms with Crippen LogP contribution in [-0.2, 0) is 4.74 Å². The molecule has 0 unspecified atom stereocenters. The van der Waals surface area contributed by atoms with Gasteiger partial charge in [-0.05, 0) is 20.2 Å². The lowest BCUT2D eigenvalue weighted by atomic mass is 10.4. The summed E-state index contributed by atoms with van der Waals surface area (Å²) in [6.07, 6.45) is 0. The summed E-state index contributed by atoms with van der Waals surface area (Å²) < 4.78 is 5.47. The van der Waals surface area contributed by atoms with Crippen molar-refractivity contribution in [2.24, 2.45) is 0 Å². The van der Waals surface area contributed by atoms with Gasteiger partial charge >= 0.3 is 0 Å². The molecule has 0 aliphatic heterocycles. The zero-order chi connectivity index (χ0) is 14.3. The molecule has 0 aliphatic carbocycles. The normalized spacial score (nSPS) is 10.8. The van der Waals surface area contributed by atoms with Crippen LogP contribution in [0.15, 0.2) is 6.07 Å². The highest BCUT2D eigenvalue weighted by Gasteiger charge is 2.07. The van der Waals surface area contributed by atoms with E-state index in [0.717, 1.165) is 6.54 Å². The van der Waals surface area contributed by atoms with Crippen LogP contribution in [0.3, 0.4) is 0 Å². The van der Waals surface area contributed by atoms with E-state index in [-0.39, 0.29) is 0 Å². The van der Waals surface area contributed by atoms with Crippen LogP contribution >= 0.6 is 23.2 Å². The van der Waals surface area contributed by atoms with Gasteiger partial charge in [-0.2, -0.15) is 0 Å². The van der Waals surface area contributed by atoms with E-state index in [1.54, 1.807) is 13.1 Å². The maximum atomic E-state index is 6.06. The van der Waals surface area contributed by atoms with Gasteiger partial charge in [-0.25, -0.2) is 4.98 Å². The Morgan fingerprint density at radius 2 is 1.89 bits per heavy atom. The smallest absolute Gasteiger partial charge is 0.147 e. The fraction of sp³-hybridized carbons (Fsp3) is 0.583. The SMILES string of the molecule is CNc1nc(NCCOCCN(C)C)c(Cl)cc1Cl. The Kier molecular flexibility index (Phi) is 7.23. The first kappa shape index (κ1) is 16.3. The molecule has 19 heavy (non-hydrogen) atoms. The highest BCUT2D eigenvalue weighted by atomic mass is 35.5. The minimum absolute atomic E-state index is 0.497. The monoisotopic (exact) mass is 306 g/mol. The largest absolute Gasteiger partial charge is 0.378 e. The number of nitrogens with zero attached hydrogens (tertiary/aromatic N) is 2. The number of anilines is 2. The molecule has 0 fully saturated rings. The molecule has 0 amide bonds. The number of likely N-dealkylation sites (N-methyl/N-ethyl adjacent to an activating group) is 1. The Morgan fingerprint density at radius 3 is 2.53 bits per heavy atom. The van der Waals surface area contributed by atoms with Crippen LogP contribution < -0.4 is 10.6 Å². The molecule has 0 atom stereocenters.